The molecule has 0 atom stereocenters. The van der Waals surface area contributed by atoms with Gasteiger partial charge in [-0.25, -0.2) is 4.98 Å². The fraction of sp³-hybridized carbons (Fsp3) is 0. The molecule has 2 heterocycles. The summed E-state index contributed by atoms with van der Waals surface area (Å²) in [6.07, 6.45) is 0. The minimum atomic E-state index is 0.955. The van der Waals surface area contributed by atoms with E-state index in [0.717, 1.165) is 33.8 Å². The molecule has 0 amide bonds. The molecule has 0 fully saturated rings. The van der Waals surface area contributed by atoms with Crippen LogP contribution in [0.4, 0.5) is 0 Å². The molecule has 2 nitrogen and oxygen atoms in total. The van der Waals surface area contributed by atoms with E-state index >= 15 is 0 Å². The smallest absolute Gasteiger partial charge is 0.0715 e. The highest BCUT2D eigenvalue weighted by Gasteiger charge is 2.18. The van der Waals surface area contributed by atoms with Crippen LogP contribution in [0.25, 0.3) is 105 Å². The van der Waals surface area contributed by atoms with E-state index in [9.17, 15) is 0 Å². The maximum absolute atomic E-state index is 5.32. The second-order valence-electron chi connectivity index (χ2n) is 14.3. The van der Waals surface area contributed by atoms with Crippen molar-refractivity contribution in [2.24, 2.45) is 0 Å². The van der Waals surface area contributed by atoms with E-state index in [1.807, 2.05) is 0 Å². The minimum absolute atomic E-state index is 0.955. The van der Waals surface area contributed by atoms with Crippen molar-refractivity contribution in [3.63, 3.8) is 0 Å². The van der Waals surface area contributed by atoms with Crippen LogP contribution < -0.4 is 0 Å². The largest absolute Gasteiger partial charge is 0.309 e. The van der Waals surface area contributed by atoms with Crippen molar-refractivity contribution >= 4 is 54.1 Å². The SMILES string of the molecule is c1ccc(-c2cc(-c3ccccc3)nc(-c3ccc4c5ccccc5c5cccc(-c6ccc7c(c6)c6ccccc6n7-c6ccccc6)c5c4c3)c2)cc1. The van der Waals surface area contributed by atoms with Crippen molar-refractivity contribution in [2.75, 3.05) is 0 Å². The highest BCUT2D eigenvalue weighted by molar-refractivity contribution is 6.29. The maximum atomic E-state index is 5.32. The Morgan fingerprint density at radius 3 is 1.60 bits per heavy atom. The third kappa shape index (κ3) is 5.15. The third-order valence-electron chi connectivity index (χ3n) is 11.2. The van der Waals surface area contributed by atoms with Gasteiger partial charge in [-0.05, 0) is 103 Å². The van der Waals surface area contributed by atoms with Crippen molar-refractivity contribution < 1.29 is 0 Å². The molecular weight excluding hydrogens is 665 g/mol. The van der Waals surface area contributed by atoms with Crippen LogP contribution in [0.3, 0.4) is 0 Å². The second kappa shape index (κ2) is 12.7. The Hall–Kier alpha value is -7.29. The summed E-state index contributed by atoms with van der Waals surface area (Å²) < 4.78 is 2.38. The molecule has 11 aromatic rings. The van der Waals surface area contributed by atoms with Crippen molar-refractivity contribution in [3.05, 3.63) is 206 Å². The van der Waals surface area contributed by atoms with Crippen LogP contribution in [-0.4, -0.2) is 9.55 Å². The predicted molar refractivity (Wildman–Crippen MR) is 233 cm³/mol. The molecule has 0 aliphatic carbocycles. The number of aromatic nitrogens is 2. The Kier molecular flexibility index (Phi) is 7.21. The van der Waals surface area contributed by atoms with E-state index in [1.54, 1.807) is 0 Å². The van der Waals surface area contributed by atoms with E-state index in [1.165, 1.54) is 70.8 Å². The summed E-state index contributed by atoms with van der Waals surface area (Å²) in [7, 11) is 0. The van der Waals surface area contributed by atoms with Crippen LogP contribution in [0, 0.1) is 0 Å². The van der Waals surface area contributed by atoms with Crippen LogP contribution in [0.5, 0.6) is 0 Å². The number of benzene rings is 9. The molecule has 0 N–H and O–H groups in total. The van der Waals surface area contributed by atoms with Gasteiger partial charge in [0.1, 0.15) is 0 Å². The third-order valence-corrected chi connectivity index (χ3v) is 11.2. The lowest BCUT2D eigenvalue weighted by Crippen LogP contribution is -1.93. The molecule has 0 aliphatic heterocycles. The Morgan fingerprint density at radius 2 is 0.836 bits per heavy atom. The van der Waals surface area contributed by atoms with Crippen LogP contribution >= 0.6 is 0 Å². The highest BCUT2D eigenvalue weighted by atomic mass is 15.0. The standard InChI is InChI=1S/C53H34N2/c1-4-15-35(16-5-1)39-33-49(36-17-6-2-7-18-36)54-50(34-39)38-27-29-44-42-21-10-11-22-43(42)46-25-14-24-41(53(46)48(44)32-38)37-28-30-52-47(31-37)45-23-12-13-26-51(45)55(52)40-19-8-3-9-20-40/h1-34H. The van der Waals surface area contributed by atoms with Crippen LogP contribution in [0.15, 0.2) is 206 Å². The summed E-state index contributed by atoms with van der Waals surface area (Å²) in [5, 5.41) is 9.98. The van der Waals surface area contributed by atoms with Crippen LogP contribution in [0.2, 0.25) is 0 Å². The lowest BCUT2D eigenvalue weighted by Gasteiger charge is -2.16. The molecule has 0 bridgehead atoms. The van der Waals surface area contributed by atoms with Crippen molar-refractivity contribution in [3.8, 4) is 50.5 Å². The van der Waals surface area contributed by atoms with Gasteiger partial charge >= 0.3 is 0 Å². The first kappa shape index (κ1) is 31.3. The van der Waals surface area contributed by atoms with E-state index in [4.69, 9.17) is 4.98 Å². The van der Waals surface area contributed by atoms with E-state index in [0.29, 0.717) is 0 Å². The molecule has 2 aromatic heterocycles. The number of para-hydroxylation sites is 2. The van der Waals surface area contributed by atoms with Gasteiger partial charge in [0.05, 0.1) is 22.4 Å². The zero-order chi connectivity index (χ0) is 36.3. The summed E-state index contributed by atoms with van der Waals surface area (Å²) in [6, 6.07) is 74.6. The fourth-order valence-corrected chi connectivity index (χ4v) is 8.63. The van der Waals surface area contributed by atoms with Gasteiger partial charge in [0, 0.05) is 27.6 Å². The van der Waals surface area contributed by atoms with Gasteiger partial charge in [-0.1, -0.05) is 158 Å². The predicted octanol–water partition coefficient (Wildman–Crippen LogP) is 14.3. The Bertz CT molecular complexity index is 3180. The fourth-order valence-electron chi connectivity index (χ4n) is 8.63. The molecule has 0 aliphatic rings. The first-order valence-electron chi connectivity index (χ1n) is 18.9. The van der Waals surface area contributed by atoms with E-state index in [2.05, 4.69) is 211 Å². The molecule has 9 aromatic carbocycles. The highest BCUT2D eigenvalue weighted by Crippen LogP contribution is 2.43. The zero-order valence-corrected chi connectivity index (χ0v) is 30.0. The molecule has 256 valence electrons. The summed E-state index contributed by atoms with van der Waals surface area (Å²) in [6.45, 7) is 0. The number of nitrogens with zero attached hydrogens (tertiary/aromatic N) is 2. The summed E-state index contributed by atoms with van der Waals surface area (Å²) in [5.74, 6) is 0. The van der Waals surface area contributed by atoms with E-state index in [-0.39, 0.29) is 0 Å². The molecule has 2 heteroatoms. The van der Waals surface area contributed by atoms with Crippen molar-refractivity contribution in [1.82, 2.24) is 9.55 Å². The number of hydrogen-bond donors (Lipinski definition) is 0. The first-order valence-corrected chi connectivity index (χ1v) is 18.9. The second-order valence-corrected chi connectivity index (χ2v) is 14.3. The van der Waals surface area contributed by atoms with Crippen LogP contribution in [0.1, 0.15) is 0 Å². The topological polar surface area (TPSA) is 17.8 Å². The number of pyridine rings is 1. The normalized spacial score (nSPS) is 11.6. The van der Waals surface area contributed by atoms with Gasteiger partial charge in [0.25, 0.3) is 0 Å². The Labute approximate surface area is 319 Å². The van der Waals surface area contributed by atoms with Gasteiger partial charge in [0.2, 0.25) is 0 Å². The first-order chi connectivity index (χ1) is 27.3. The van der Waals surface area contributed by atoms with E-state index < -0.39 is 0 Å². The molecular formula is C53H34N2. The Balaban J connectivity index is 1.18. The average Bonchev–Trinajstić information content (AvgIpc) is 3.60. The summed E-state index contributed by atoms with van der Waals surface area (Å²) in [5.41, 5.74) is 12.4. The molecule has 55 heavy (non-hydrogen) atoms. The van der Waals surface area contributed by atoms with Gasteiger partial charge in [-0.3, -0.25) is 0 Å². The molecule has 0 unspecified atom stereocenters. The lowest BCUT2D eigenvalue weighted by molar-refractivity contribution is 1.18. The number of hydrogen-bond acceptors (Lipinski definition) is 1. The van der Waals surface area contributed by atoms with Gasteiger partial charge in [-0.15, -0.1) is 0 Å². The summed E-state index contributed by atoms with van der Waals surface area (Å²) in [4.78, 5) is 5.32. The molecule has 11 rings (SSSR count). The maximum Gasteiger partial charge on any atom is 0.0715 e. The van der Waals surface area contributed by atoms with Gasteiger partial charge < -0.3 is 4.57 Å². The zero-order valence-electron chi connectivity index (χ0n) is 30.0. The number of rotatable bonds is 5. The molecule has 0 spiro atoms. The Morgan fingerprint density at radius 1 is 0.291 bits per heavy atom. The van der Waals surface area contributed by atoms with Gasteiger partial charge in [-0.2, -0.15) is 0 Å². The minimum Gasteiger partial charge on any atom is -0.309 e. The molecule has 0 saturated carbocycles. The quantitative estimate of drug-likeness (QED) is 0.164. The lowest BCUT2D eigenvalue weighted by atomic mass is 9.88. The summed E-state index contributed by atoms with van der Waals surface area (Å²) >= 11 is 0. The molecule has 0 saturated heterocycles. The van der Waals surface area contributed by atoms with Crippen molar-refractivity contribution in [1.29, 1.82) is 0 Å². The average molecular weight is 699 g/mol. The monoisotopic (exact) mass is 698 g/mol. The van der Waals surface area contributed by atoms with Gasteiger partial charge in [0.15, 0.2) is 0 Å². The number of fused-ring (bicyclic) bond motifs is 9. The van der Waals surface area contributed by atoms with Crippen molar-refractivity contribution in [2.45, 2.75) is 0 Å². The van der Waals surface area contributed by atoms with Crippen LogP contribution in [-0.2, 0) is 0 Å². The molecule has 0 radical (unpaired) electrons.